The largest absolute Gasteiger partial charge is 0.377 e. The highest BCUT2D eigenvalue weighted by Crippen LogP contribution is 2.42. The number of urea groups is 1. The summed E-state index contributed by atoms with van der Waals surface area (Å²) in [6, 6.07) is -0.0823. The molecule has 0 aromatic carbocycles. The van der Waals surface area contributed by atoms with E-state index in [9.17, 15) is 18.4 Å². The quantitative estimate of drug-likeness (QED) is 0.801. The van der Waals surface area contributed by atoms with Gasteiger partial charge in [0.25, 0.3) is 0 Å². The van der Waals surface area contributed by atoms with Crippen molar-refractivity contribution in [1.82, 2.24) is 15.1 Å². The number of nitrogens with zero attached hydrogens (tertiary/aromatic N) is 2. The molecule has 1 aliphatic carbocycles. The van der Waals surface area contributed by atoms with Crippen molar-refractivity contribution in [1.29, 1.82) is 0 Å². The number of hydrogen-bond donors (Lipinski definition) is 1. The smallest absolute Gasteiger partial charge is 0.319 e. The van der Waals surface area contributed by atoms with Crippen LogP contribution < -0.4 is 5.32 Å². The van der Waals surface area contributed by atoms with E-state index in [2.05, 4.69) is 5.32 Å². The van der Waals surface area contributed by atoms with Crippen molar-refractivity contribution < 1.29 is 27.8 Å². The number of ether oxygens (including phenoxy) is 2. The van der Waals surface area contributed by atoms with Crippen molar-refractivity contribution in [3.63, 3.8) is 0 Å². The van der Waals surface area contributed by atoms with Gasteiger partial charge in [0.05, 0.1) is 25.9 Å². The molecule has 2 atom stereocenters. The number of hydrogen-bond acceptors (Lipinski definition) is 4. The Kier molecular flexibility index (Phi) is 5.39. The monoisotopic (exact) mass is 375 g/mol. The van der Waals surface area contributed by atoms with E-state index in [0.717, 1.165) is 12.8 Å². The summed E-state index contributed by atoms with van der Waals surface area (Å²) >= 11 is 0. The molecule has 0 bridgehead atoms. The van der Waals surface area contributed by atoms with Gasteiger partial charge >= 0.3 is 6.03 Å². The predicted octanol–water partition coefficient (Wildman–Crippen LogP) is 1.08. The van der Waals surface area contributed by atoms with Gasteiger partial charge in [0, 0.05) is 45.9 Å². The third-order valence-corrected chi connectivity index (χ3v) is 5.31. The lowest BCUT2D eigenvalue weighted by Crippen LogP contribution is -2.50. The molecule has 0 radical (unpaired) electrons. The zero-order valence-electron chi connectivity index (χ0n) is 15.3. The van der Waals surface area contributed by atoms with Crippen molar-refractivity contribution in [2.45, 2.75) is 43.3 Å². The number of halogens is 2. The molecule has 0 aromatic rings. The Labute approximate surface area is 152 Å². The first-order chi connectivity index (χ1) is 12.2. The van der Waals surface area contributed by atoms with Crippen LogP contribution in [0.4, 0.5) is 13.6 Å². The molecule has 0 unspecified atom stereocenters. The first kappa shape index (κ1) is 19.3. The lowest BCUT2D eigenvalue weighted by Gasteiger charge is -2.34. The van der Waals surface area contributed by atoms with Crippen LogP contribution in [0.15, 0.2) is 0 Å². The molecule has 2 saturated heterocycles. The van der Waals surface area contributed by atoms with E-state index in [1.165, 1.54) is 4.90 Å². The summed E-state index contributed by atoms with van der Waals surface area (Å²) in [4.78, 5) is 27.5. The summed E-state index contributed by atoms with van der Waals surface area (Å²) in [5, 5.41) is 2.73. The summed E-state index contributed by atoms with van der Waals surface area (Å²) in [5.74, 6) is -3.63. The number of nitrogens with one attached hydrogen (secondary N) is 1. The van der Waals surface area contributed by atoms with Crippen LogP contribution in [-0.4, -0.2) is 86.3 Å². The summed E-state index contributed by atoms with van der Waals surface area (Å²) in [5.41, 5.74) is -0.568. The van der Waals surface area contributed by atoms with Gasteiger partial charge in [-0.3, -0.25) is 4.79 Å². The highest BCUT2D eigenvalue weighted by Gasteiger charge is 2.49. The van der Waals surface area contributed by atoms with E-state index < -0.39 is 17.4 Å². The molecule has 1 spiro atoms. The first-order valence-electron chi connectivity index (χ1n) is 9.07. The summed E-state index contributed by atoms with van der Waals surface area (Å²) < 4.78 is 37.5. The van der Waals surface area contributed by atoms with Crippen LogP contribution in [0.2, 0.25) is 0 Å². The molecular weight excluding hydrogens is 348 g/mol. The topological polar surface area (TPSA) is 71.1 Å². The molecule has 1 N–H and O–H groups in total. The Morgan fingerprint density at radius 3 is 2.69 bits per heavy atom. The van der Waals surface area contributed by atoms with Gasteiger partial charge in [-0.15, -0.1) is 0 Å². The average molecular weight is 375 g/mol. The molecule has 2 aliphatic heterocycles. The zero-order valence-corrected chi connectivity index (χ0v) is 15.3. The van der Waals surface area contributed by atoms with Crippen molar-refractivity contribution >= 4 is 11.9 Å². The van der Waals surface area contributed by atoms with Crippen LogP contribution in [0.5, 0.6) is 0 Å². The number of carbonyl (C=O) groups excluding carboxylic acids is 2. The van der Waals surface area contributed by atoms with E-state index in [0.29, 0.717) is 32.8 Å². The molecular formula is C17H27F2N3O4. The van der Waals surface area contributed by atoms with Gasteiger partial charge in [-0.05, 0) is 12.8 Å². The molecule has 2 heterocycles. The van der Waals surface area contributed by atoms with Gasteiger partial charge < -0.3 is 24.6 Å². The molecule has 7 nitrogen and oxygen atoms in total. The van der Waals surface area contributed by atoms with Gasteiger partial charge in [0.1, 0.15) is 5.60 Å². The SMILES string of the molecule is CN(C)C(=O)N1CCOC[C@@]2(CC[C@H](CNC(=O)C3CC(F)(F)C3)O2)C1. The van der Waals surface area contributed by atoms with E-state index in [1.807, 2.05) is 0 Å². The standard InChI is InChI=1S/C17H27F2N3O4/c1-21(2)15(24)22-5-6-25-11-16(10-22)4-3-13(26-16)9-20-14(23)12-7-17(18,19)8-12/h12-13H,3-11H2,1-2H3,(H,20,23)/t13-,16-/m1/s1. The minimum Gasteiger partial charge on any atom is -0.377 e. The van der Waals surface area contributed by atoms with E-state index in [4.69, 9.17) is 9.47 Å². The number of alkyl halides is 2. The highest BCUT2D eigenvalue weighted by molar-refractivity contribution is 5.79. The van der Waals surface area contributed by atoms with Crippen LogP contribution in [0.3, 0.4) is 0 Å². The predicted molar refractivity (Wildman–Crippen MR) is 89.0 cm³/mol. The van der Waals surface area contributed by atoms with Crippen molar-refractivity contribution in [2.75, 3.05) is 46.9 Å². The Bertz CT molecular complexity index is 552. The van der Waals surface area contributed by atoms with Crippen LogP contribution in [0, 0.1) is 5.92 Å². The van der Waals surface area contributed by atoms with Gasteiger partial charge in [0.15, 0.2) is 0 Å². The Hall–Kier alpha value is -1.48. The van der Waals surface area contributed by atoms with Crippen LogP contribution in [0.1, 0.15) is 25.7 Å². The zero-order chi connectivity index (χ0) is 18.9. The lowest BCUT2D eigenvalue weighted by molar-refractivity contribution is -0.151. The minimum atomic E-state index is -2.70. The maximum atomic E-state index is 12.9. The van der Waals surface area contributed by atoms with Crippen molar-refractivity contribution in [3.05, 3.63) is 0 Å². The normalized spacial score (nSPS) is 31.4. The fourth-order valence-electron chi connectivity index (χ4n) is 3.82. The number of amides is 3. The van der Waals surface area contributed by atoms with Gasteiger partial charge in [-0.2, -0.15) is 0 Å². The molecule has 26 heavy (non-hydrogen) atoms. The minimum absolute atomic E-state index is 0.0823. The van der Waals surface area contributed by atoms with E-state index >= 15 is 0 Å². The lowest BCUT2D eigenvalue weighted by atomic mass is 9.81. The van der Waals surface area contributed by atoms with Crippen LogP contribution >= 0.6 is 0 Å². The van der Waals surface area contributed by atoms with Crippen molar-refractivity contribution in [3.8, 4) is 0 Å². The summed E-state index contributed by atoms with van der Waals surface area (Å²) in [6.45, 7) is 2.12. The molecule has 3 rings (SSSR count). The highest BCUT2D eigenvalue weighted by atomic mass is 19.3. The van der Waals surface area contributed by atoms with E-state index in [1.54, 1.807) is 19.0 Å². The number of rotatable bonds is 3. The molecule has 1 saturated carbocycles. The second-order valence-electron chi connectivity index (χ2n) is 7.82. The third kappa shape index (κ3) is 4.25. The van der Waals surface area contributed by atoms with Gasteiger partial charge in [0.2, 0.25) is 11.8 Å². The second kappa shape index (κ2) is 7.26. The Morgan fingerprint density at radius 2 is 2.04 bits per heavy atom. The second-order valence-corrected chi connectivity index (χ2v) is 7.82. The van der Waals surface area contributed by atoms with Gasteiger partial charge in [-0.1, -0.05) is 0 Å². The fourth-order valence-corrected chi connectivity index (χ4v) is 3.82. The molecule has 3 aliphatic rings. The fraction of sp³-hybridized carbons (Fsp3) is 0.882. The van der Waals surface area contributed by atoms with E-state index in [-0.39, 0.29) is 30.9 Å². The molecule has 148 valence electrons. The Morgan fingerprint density at radius 1 is 1.31 bits per heavy atom. The first-order valence-corrected chi connectivity index (χ1v) is 9.07. The molecule has 3 amide bonds. The average Bonchev–Trinajstić information content (AvgIpc) is 2.82. The Balaban J connectivity index is 1.50. The van der Waals surface area contributed by atoms with Crippen LogP contribution in [-0.2, 0) is 14.3 Å². The third-order valence-electron chi connectivity index (χ3n) is 5.31. The maximum Gasteiger partial charge on any atom is 0.319 e. The maximum absolute atomic E-state index is 12.9. The number of carbonyl (C=O) groups is 2. The molecule has 0 aromatic heterocycles. The summed E-state index contributed by atoms with van der Waals surface area (Å²) in [7, 11) is 3.41. The summed E-state index contributed by atoms with van der Waals surface area (Å²) in [6.07, 6.45) is 0.520. The van der Waals surface area contributed by atoms with Gasteiger partial charge in [-0.25, -0.2) is 13.6 Å². The van der Waals surface area contributed by atoms with Crippen LogP contribution in [0.25, 0.3) is 0 Å². The molecule has 9 heteroatoms. The van der Waals surface area contributed by atoms with Crippen molar-refractivity contribution in [2.24, 2.45) is 5.92 Å². The molecule has 3 fully saturated rings.